The summed E-state index contributed by atoms with van der Waals surface area (Å²) >= 11 is 0. The number of carbonyl (C=O) groups is 1. The SMILES string of the molecule is Cc1ccccc1Cn1cc(C(=O)N(C)CCC(O)c2ccccc2)nn1. The maximum absolute atomic E-state index is 12.6. The van der Waals surface area contributed by atoms with E-state index >= 15 is 0 Å². The van der Waals surface area contributed by atoms with Crippen molar-refractivity contribution >= 4 is 5.91 Å². The Morgan fingerprint density at radius 3 is 2.59 bits per heavy atom. The van der Waals surface area contributed by atoms with Crippen molar-refractivity contribution in [2.24, 2.45) is 0 Å². The molecular weight excluding hydrogens is 340 g/mol. The summed E-state index contributed by atoms with van der Waals surface area (Å²) in [6.45, 7) is 3.05. The molecule has 0 saturated carbocycles. The van der Waals surface area contributed by atoms with Gasteiger partial charge in [0, 0.05) is 13.6 Å². The second-order valence-corrected chi connectivity index (χ2v) is 6.67. The molecule has 6 heteroatoms. The van der Waals surface area contributed by atoms with Crippen LogP contribution in [-0.4, -0.2) is 44.5 Å². The van der Waals surface area contributed by atoms with E-state index in [0.29, 0.717) is 25.2 Å². The number of aromatic nitrogens is 3. The third kappa shape index (κ3) is 4.80. The second-order valence-electron chi connectivity index (χ2n) is 6.67. The molecule has 6 nitrogen and oxygen atoms in total. The predicted molar refractivity (Wildman–Crippen MR) is 103 cm³/mol. The Hall–Kier alpha value is -2.99. The van der Waals surface area contributed by atoms with Gasteiger partial charge in [0.1, 0.15) is 0 Å². The van der Waals surface area contributed by atoms with Gasteiger partial charge in [0.25, 0.3) is 5.91 Å². The summed E-state index contributed by atoms with van der Waals surface area (Å²) in [5.41, 5.74) is 3.47. The number of rotatable bonds is 7. The predicted octanol–water partition coefficient (Wildman–Crippen LogP) is 2.83. The van der Waals surface area contributed by atoms with Crippen molar-refractivity contribution in [3.8, 4) is 0 Å². The van der Waals surface area contributed by atoms with Crippen molar-refractivity contribution in [3.05, 3.63) is 83.2 Å². The van der Waals surface area contributed by atoms with Crippen molar-refractivity contribution in [1.29, 1.82) is 0 Å². The van der Waals surface area contributed by atoms with Gasteiger partial charge in [-0.25, -0.2) is 4.68 Å². The lowest BCUT2D eigenvalue weighted by atomic mass is 10.1. The van der Waals surface area contributed by atoms with Gasteiger partial charge >= 0.3 is 0 Å². The Kier molecular flexibility index (Phi) is 5.98. The molecule has 0 radical (unpaired) electrons. The molecule has 27 heavy (non-hydrogen) atoms. The van der Waals surface area contributed by atoms with Gasteiger partial charge in [0.05, 0.1) is 18.8 Å². The molecule has 0 fully saturated rings. The summed E-state index contributed by atoms with van der Waals surface area (Å²) in [4.78, 5) is 14.1. The molecule has 0 bridgehead atoms. The molecule has 140 valence electrons. The maximum Gasteiger partial charge on any atom is 0.275 e. The number of aliphatic hydroxyl groups excluding tert-OH is 1. The Morgan fingerprint density at radius 1 is 1.15 bits per heavy atom. The number of aryl methyl sites for hydroxylation is 1. The van der Waals surface area contributed by atoms with Crippen LogP contribution in [0.25, 0.3) is 0 Å². The van der Waals surface area contributed by atoms with Crippen LogP contribution in [0.1, 0.15) is 39.7 Å². The fourth-order valence-electron chi connectivity index (χ4n) is 2.89. The first-order valence-corrected chi connectivity index (χ1v) is 8.97. The first-order valence-electron chi connectivity index (χ1n) is 8.97. The van der Waals surface area contributed by atoms with E-state index in [1.165, 1.54) is 5.56 Å². The number of carbonyl (C=O) groups excluding carboxylic acids is 1. The van der Waals surface area contributed by atoms with Gasteiger partial charge in [-0.3, -0.25) is 4.79 Å². The third-order valence-corrected chi connectivity index (χ3v) is 4.62. The number of amides is 1. The molecule has 1 N–H and O–H groups in total. The first-order chi connectivity index (χ1) is 13.0. The van der Waals surface area contributed by atoms with E-state index in [1.54, 1.807) is 22.8 Å². The zero-order valence-electron chi connectivity index (χ0n) is 15.6. The van der Waals surface area contributed by atoms with E-state index in [4.69, 9.17) is 0 Å². The minimum Gasteiger partial charge on any atom is -0.388 e. The van der Waals surface area contributed by atoms with Gasteiger partial charge in [-0.05, 0) is 30.0 Å². The average Bonchev–Trinajstić information content (AvgIpc) is 3.16. The Balaban J connectivity index is 1.57. The topological polar surface area (TPSA) is 71.2 Å². The molecule has 1 unspecified atom stereocenters. The number of nitrogens with zero attached hydrogens (tertiary/aromatic N) is 4. The van der Waals surface area contributed by atoms with Crippen LogP contribution in [0.5, 0.6) is 0 Å². The zero-order chi connectivity index (χ0) is 19.2. The minimum absolute atomic E-state index is 0.203. The van der Waals surface area contributed by atoms with E-state index in [0.717, 1.165) is 11.1 Å². The standard InChI is InChI=1S/C21H24N4O2/c1-16-8-6-7-11-18(16)14-25-15-19(22-23-25)21(27)24(2)13-12-20(26)17-9-4-3-5-10-17/h3-11,15,20,26H,12-14H2,1-2H3. The van der Waals surface area contributed by atoms with Gasteiger partial charge in [0.2, 0.25) is 0 Å². The summed E-state index contributed by atoms with van der Waals surface area (Å²) in [6.07, 6.45) is 1.53. The Morgan fingerprint density at radius 2 is 1.85 bits per heavy atom. The third-order valence-electron chi connectivity index (χ3n) is 4.62. The lowest BCUT2D eigenvalue weighted by Gasteiger charge is -2.18. The molecular formula is C21H24N4O2. The average molecular weight is 364 g/mol. The van der Waals surface area contributed by atoms with Crippen LogP contribution in [0.15, 0.2) is 60.8 Å². The van der Waals surface area contributed by atoms with Crippen LogP contribution in [0.4, 0.5) is 0 Å². The van der Waals surface area contributed by atoms with Crippen molar-refractivity contribution in [3.63, 3.8) is 0 Å². The van der Waals surface area contributed by atoms with Gasteiger partial charge in [0.15, 0.2) is 5.69 Å². The number of benzene rings is 2. The molecule has 2 aromatic carbocycles. The van der Waals surface area contributed by atoms with E-state index in [2.05, 4.69) is 10.3 Å². The van der Waals surface area contributed by atoms with Crippen molar-refractivity contribution in [1.82, 2.24) is 19.9 Å². The molecule has 0 aliphatic carbocycles. The fraction of sp³-hybridized carbons (Fsp3) is 0.286. The van der Waals surface area contributed by atoms with Gasteiger partial charge in [-0.1, -0.05) is 59.8 Å². The highest BCUT2D eigenvalue weighted by Gasteiger charge is 2.17. The van der Waals surface area contributed by atoms with E-state index in [1.807, 2.05) is 61.5 Å². The highest BCUT2D eigenvalue weighted by molar-refractivity contribution is 5.91. The van der Waals surface area contributed by atoms with E-state index < -0.39 is 6.10 Å². The fourth-order valence-corrected chi connectivity index (χ4v) is 2.89. The van der Waals surface area contributed by atoms with Crippen LogP contribution in [0, 0.1) is 6.92 Å². The van der Waals surface area contributed by atoms with Crippen molar-refractivity contribution in [2.45, 2.75) is 26.0 Å². The normalized spacial score (nSPS) is 12.0. The summed E-state index contributed by atoms with van der Waals surface area (Å²) in [7, 11) is 1.71. The lowest BCUT2D eigenvalue weighted by Crippen LogP contribution is -2.29. The zero-order valence-corrected chi connectivity index (χ0v) is 15.6. The summed E-state index contributed by atoms with van der Waals surface area (Å²) in [5, 5.41) is 18.3. The molecule has 1 atom stereocenters. The Labute approximate surface area is 159 Å². The van der Waals surface area contributed by atoms with Crippen LogP contribution >= 0.6 is 0 Å². The molecule has 0 aliphatic heterocycles. The lowest BCUT2D eigenvalue weighted by molar-refractivity contribution is 0.0755. The first kappa shape index (κ1) is 18.8. The van der Waals surface area contributed by atoms with E-state index in [9.17, 15) is 9.90 Å². The number of hydrogen-bond donors (Lipinski definition) is 1. The molecule has 0 saturated heterocycles. The van der Waals surface area contributed by atoms with Crippen LogP contribution in [0.2, 0.25) is 0 Å². The number of aliphatic hydroxyl groups is 1. The number of hydrogen-bond acceptors (Lipinski definition) is 4. The van der Waals surface area contributed by atoms with Gasteiger partial charge < -0.3 is 10.0 Å². The maximum atomic E-state index is 12.6. The summed E-state index contributed by atoms with van der Waals surface area (Å²) < 4.78 is 1.67. The second kappa shape index (κ2) is 8.60. The largest absolute Gasteiger partial charge is 0.388 e. The highest BCUT2D eigenvalue weighted by Crippen LogP contribution is 2.16. The van der Waals surface area contributed by atoms with Crippen LogP contribution < -0.4 is 0 Å². The van der Waals surface area contributed by atoms with Crippen molar-refractivity contribution in [2.75, 3.05) is 13.6 Å². The molecule has 3 rings (SSSR count). The summed E-state index contributed by atoms with van der Waals surface area (Å²) in [6, 6.07) is 17.5. The molecule has 1 amide bonds. The minimum atomic E-state index is -0.599. The van der Waals surface area contributed by atoms with Crippen LogP contribution in [-0.2, 0) is 6.54 Å². The molecule has 0 spiro atoms. The molecule has 1 aromatic heterocycles. The molecule has 1 heterocycles. The quantitative estimate of drug-likeness (QED) is 0.700. The van der Waals surface area contributed by atoms with Crippen LogP contribution in [0.3, 0.4) is 0 Å². The monoisotopic (exact) mass is 364 g/mol. The molecule has 3 aromatic rings. The van der Waals surface area contributed by atoms with Gasteiger partial charge in [-0.2, -0.15) is 0 Å². The smallest absolute Gasteiger partial charge is 0.275 e. The highest BCUT2D eigenvalue weighted by atomic mass is 16.3. The van der Waals surface area contributed by atoms with Crippen molar-refractivity contribution < 1.29 is 9.90 Å². The molecule has 0 aliphatic rings. The van der Waals surface area contributed by atoms with Gasteiger partial charge in [-0.15, -0.1) is 5.10 Å². The van der Waals surface area contributed by atoms with E-state index in [-0.39, 0.29) is 5.91 Å². The summed E-state index contributed by atoms with van der Waals surface area (Å²) in [5.74, 6) is -0.203. The Bertz CT molecular complexity index is 892.